The zero-order valence-electron chi connectivity index (χ0n) is 11.6. The van der Waals surface area contributed by atoms with Crippen molar-refractivity contribution in [3.05, 3.63) is 0 Å². The van der Waals surface area contributed by atoms with E-state index in [-0.39, 0.29) is 17.9 Å². The molecule has 0 aromatic rings. The molecule has 0 aromatic heterocycles. The number of rotatable bonds is 5. The van der Waals surface area contributed by atoms with Crippen molar-refractivity contribution in [3.8, 4) is 0 Å². The molecule has 1 aliphatic carbocycles. The van der Waals surface area contributed by atoms with Crippen molar-refractivity contribution in [1.29, 1.82) is 0 Å². The highest BCUT2D eigenvalue weighted by Crippen LogP contribution is 2.30. The lowest BCUT2D eigenvalue weighted by Crippen LogP contribution is -2.49. The van der Waals surface area contributed by atoms with E-state index in [1.165, 1.54) is 6.92 Å². The number of nitrogens with one attached hydrogen (secondary N) is 2. The molecule has 0 aliphatic heterocycles. The maximum Gasteiger partial charge on any atom is 0.391 e. The molecule has 112 valence electrons. The van der Waals surface area contributed by atoms with Crippen molar-refractivity contribution >= 4 is 5.91 Å². The Bertz CT molecular complexity index is 299. The number of halogens is 3. The summed E-state index contributed by atoms with van der Waals surface area (Å²) in [6, 6.07) is -0.870. The molecule has 1 fully saturated rings. The standard InChI is InChI=1S/C13H23F3N2O/c1-10(8-13(14,15)16)18-11(19)9-12(17-2)6-4-3-5-7-12/h10,17H,3-9H2,1-2H3,(H,18,19). The van der Waals surface area contributed by atoms with Crippen LogP contribution in [0.3, 0.4) is 0 Å². The molecule has 19 heavy (non-hydrogen) atoms. The summed E-state index contributed by atoms with van der Waals surface area (Å²) in [5.74, 6) is -0.298. The minimum Gasteiger partial charge on any atom is -0.353 e. The number of carbonyl (C=O) groups is 1. The van der Waals surface area contributed by atoms with E-state index in [1.807, 2.05) is 7.05 Å². The van der Waals surface area contributed by atoms with Gasteiger partial charge in [0.2, 0.25) is 5.91 Å². The van der Waals surface area contributed by atoms with Crippen LogP contribution in [0, 0.1) is 0 Å². The molecule has 1 aliphatic rings. The van der Waals surface area contributed by atoms with Crippen LogP contribution in [0.4, 0.5) is 13.2 Å². The first-order chi connectivity index (χ1) is 8.76. The molecule has 1 rings (SSSR count). The summed E-state index contributed by atoms with van der Waals surface area (Å²) >= 11 is 0. The van der Waals surface area contributed by atoms with Crippen LogP contribution in [0.2, 0.25) is 0 Å². The minimum absolute atomic E-state index is 0.236. The van der Waals surface area contributed by atoms with Crippen LogP contribution in [-0.2, 0) is 4.79 Å². The minimum atomic E-state index is -4.24. The zero-order chi connectivity index (χ0) is 14.5. The van der Waals surface area contributed by atoms with Crippen LogP contribution in [0.15, 0.2) is 0 Å². The lowest BCUT2D eigenvalue weighted by atomic mass is 9.79. The van der Waals surface area contributed by atoms with Gasteiger partial charge >= 0.3 is 6.18 Å². The van der Waals surface area contributed by atoms with Crippen LogP contribution in [0.5, 0.6) is 0 Å². The van der Waals surface area contributed by atoms with E-state index in [4.69, 9.17) is 0 Å². The first-order valence-corrected chi connectivity index (χ1v) is 6.81. The molecule has 2 N–H and O–H groups in total. The summed E-state index contributed by atoms with van der Waals surface area (Å²) in [6.07, 6.45) is 0.137. The average Bonchev–Trinajstić information content (AvgIpc) is 2.27. The molecule has 3 nitrogen and oxygen atoms in total. The molecule has 0 radical (unpaired) electrons. The topological polar surface area (TPSA) is 41.1 Å². The molecule has 0 spiro atoms. The molecule has 1 saturated carbocycles. The Morgan fingerprint density at radius 1 is 1.26 bits per heavy atom. The van der Waals surface area contributed by atoms with E-state index in [2.05, 4.69) is 10.6 Å². The Hall–Kier alpha value is -0.780. The lowest BCUT2D eigenvalue weighted by molar-refractivity contribution is -0.141. The van der Waals surface area contributed by atoms with Crippen molar-refractivity contribution < 1.29 is 18.0 Å². The zero-order valence-corrected chi connectivity index (χ0v) is 11.6. The van der Waals surface area contributed by atoms with Crippen LogP contribution >= 0.6 is 0 Å². The fraction of sp³-hybridized carbons (Fsp3) is 0.923. The fourth-order valence-electron chi connectivity index (χ4n) is 2.78. The van der Waals surface area contributed by atoms with E-state index < -0.39 is 18.6 Å². The van der Waals surface area contributed by atoms with E-state index in [0.29, 0.717) is 0 Å². The van der Waals surface area contributed by atoms with Gasteiger partial charge in [0.05, 0.1) is 6.42 Å². The summed E-state index contributed by atoms with van der Waals surface area (Å²) in [4.78, 5) is 11.9. The van der Waals surface area contributed by atoms with Crippen molar-refractivity contribution in [2.75, 3.05) is 7.05 Å². The van der Waals surface area contributed by atoms with Gasteiger partial charge in [-0.15, -0.1) is 0 Å². The Kier molecular flexibility index (Phi) is 5.64. The van der Waals surface area contributed by atoms with Crippen molar-refractivity contribution in [2.45, 2.75) is 69.6 Å². The molecule has 1 unspecified atom stereocenters. The molecular weight excluding hydrogens is 257 g/mol. The molecule has 0 saturated heterocycles. The smallest absolute Gasteiger partial charge is 0.353 e. The van der Waals surface area contributed by atoms with Gasteiger partial charge in [-0.25, -0.2) is 0 Å². The highest BCUT2D eigenvalue weighted by Gasteiger charge is 2.34. The predicted molar refractivity (Wildman–Crippen MR) is 67.8 cm³/mol. The summed E-state index contributed by atoms with van der Waals surface area (Å²) in [5, 5.41) is 5.63. The summed E-state index contributed by atoms with van der Waals surface area (Å²) in [6.45, 7) is 1.39. The third-order valence-corrected chi connectivity index (χ3v) is 3.78. The molecule has 1 amide bonds. The van der Waals surface area contributed by atoms with Crippen molar-refractivity contribution in [3.63, 3.8) is 0 Å². The number of hydrogen-bond acceptors (Lipinski definition) is 2. The van der Waals surface area contributed by atoms with Gasteiger partial charge < -0.3 is 10.6 Å². The number of alkyl halides is 3. The van der Waals surface area contributed by atoms with Gasteiger partial charge in [0.25, 0.3) is 0 Å². The average molecular weight is 280 g/mol. The molecule has 6 heteroatoms. The predicted octanol–water partition coefficient (Wildman–Crippen LogP) is 2.76. The lowest BCUT2D eigenvalue weighted by Gasteiger charge is -2.37. The third kappa shape index (κ3) is 5.80. The van der Waals surface area contributed by atoms with Crippen molar-refractivity contribution in [2.24, 2.45) is 0 Å². The monoisotopic (exact) mass is 280 g/mol. The molecule has 0 heterocycles. The van der Waals surface area contributed by atoms with Crippen molar-refractivity contribution in [1.82, 2.24) is 10.6 Å². The molecule has 0 aromatic carbocycles. The third-order valence-electron chi connectivity index (χ3n) is 3.78. The molecule has 0 bridgehead atoms. The SMILES string of the molecule is CNC1(CC(=O)NC(C)CC(F)(F)F)CCCCC1. The van der Waals surface area contributed by atoms with E-state index in [0.717, 1.165) is 32.1 Å². The van der Waals surface area contributed by atoms with Gasteiger partial charge in [-0.2, -0.15) is 13.2 Å². The van der Waals surface area contributed by atoms with Crippen LogP contribution < -0.4 is 10.6 Å². The Morgan fingerprint density at radius 2 is 1.84 bits per heavy atom. The fourth-order valence-corrected chi connectivity index (χ4v) is 2.78. The molecular formula is C13H23F3N2O. The van der Waals surface area contributed by atoms with Gasteiger partial charge in [0.15, 0.2) is 0 Å². The highest BCUT2D eigenvalue weighted by atomic mass is 19.4. The second-order valence-electron chi connectivity index (χ2n) is 5.56. The highest BCUT2D eigenvalue weighted by molar-refractivity contribution is 5.77. The normalized spacial score (nSPS) is 20.9. The number of hydrogen-bond donors (Lipinski definition) is 2. The summed E-state index contributed by atoms with van der Waals surface area (Å²) < 4.78 is 36.6. The summed E-state index contributed by atoms with van der Waals surface area (Å²) in [7, 11) is 1.82. The quantitative estimate of drug-likeness (QED) is 0.813. The maximum absolute atomic E-state index is 12.2. The van der Waals surface area contributed by atoms with Crippen LogP contribution in [0.25, 0.3) is 0 Å². The second-order valence-corrected chi connectivity index (χ2v) is 5.56. The number of carbonyl (C=O) groups excluding carboxylic acids is 1. The van der Waals surface area contributed by atoms with E-state index in [1.54, 1.807) is 0 Å². The first kappa shape index (κ1) is 16.3. The van der Waals surface area contributed by atoms with Gasteiger partial charge in [0, 0.05) is 18.0 Å². The second kappa shape index (κ2) is 6.59. The first-order valence-electron chi connectivity index (χ1n) is 6.81. The largest absolute Gasteiger partial charge is 0.391 e. The summed E-state index contributed by atoms with van der Waals surface area (Å²) in [5.41, 5.74) is -0.236. The van der Waals surface area contributed by atoms with Gasteiger partial charge in [-0.3, -0.25) is 4.79 Å². The van der Waals surface area contributed by atoms with Gasteiger partial charge in [0.1, 0.15) is 0 Å². The van der Waals surface area contributed by atoms with Crippen LogP contribution in [0.1, 0.15) is 51.9 Å². The Morgan fingerprint density at radius 3 is 2.32 bits per heavy atom. The Balaban J connectivity index is 2.45. The van der Waals surface area contributed by atoms with E-state index >= 15 is 0 Å². The Labute approximate surface area is 112 Å². The molecule has 1 atom stereocenters. The number of amides is 1. The van der Waals surface area contributed by atoms with E-state index in [9.17, 15) is 18.0 Å². The van der Waals surface area contributed by atoms with Gasteiger partial charge in [-0.1, -0.05) is 19.3 Å². The van der Waals surface area contributed by atoms with Gasteiger partial charge in [-0.05, 0) is 26.8 Å². The maximum atomic E-state index is 12.2. The van der Waals surface area contributed by atoms with Crippen LogP contribution in [-0.4, -0.2) is 30.7 Å².